The van der Waals surface area contributed by atoms with Gasteiger partial charge in [0.05, 0.1) is 5.92 Å². The molecule has 7 heteroatoms. The summed E-state index contributed by atoms with van der Waals surface area (Å²) in [7, 11) is -4.06. The van der Waals surface area contributed by atoms with Gasteiger partial charge in [-0.2, -0.15) is 0 Å². The van der Waals surface area contributed by atoms with E-state index in [1.807, 2.05) is 0 Å². The highest BCUT2D eigenvalue weighted by atomic mass is 32.2. The fourth-order valence-corrected chi connectivity index (χ4v) is 2.83. The van der Waals surface area contributed by atoms with Gasteiger partial charge in [-0.25, -0.2) is 17.5 Å². The predicted molar refractivity (Wildman–Crippen MR) is 72.3 cm³/mol. The predicted octanol–water partition coefficient (Wildman–Crippen LogP) is 1.77. The van der Waals surface area contributed by atoms with Crippen molar-refractivity contribution in [3.05, 3.63) is 29.6 Å². The number of aryl methyl sites for hydroxylation is 1. The number of hydrogen-bond acceptors (Lipinski definition) is 3. The van der Waals surface area contributed by atoms with Crippen LogP contribution in [0.5, 0.6) is 0 Å². The van der Waals surface area contributed by atoms with Crippen molar-refractivity contribution in [2.75, 3.05) is 6.54 Å². The van der Waals surface area contributed by atoms with Crippen LogP contribution in [0.1, 0.15) is 19.4 Å². The van der Waals surface area contributed by atoms with Crippen LogP contribution in [-0.2, 0) is 14.8 Å². The van der Waals surface area contributed by atoms with Crippen molar-refractivity contribution in [1.82, 2.24) is 4.72 Å². The van der Waals surface area contributed by atoms with Gasteiger partial charge in [0.15, 0.2) is 0 Å². The zero-order valence-electron chi connectivity index (χ0n) is 11.6. The topological polar surface area (TPSA) is 83.5 Å². The van der Waals surface area contributed by atoms with E-state index < -0.39 is 32.6 Å². The van der Waals surface area contributed by atoms with Crippen LogP contribution in [0.2, 0.25) is 0 Å². The molecule has 0 radical (unpaired) electrons. The Kier molecular flexibility index (Phi) is 5.24. The monoisotopic (exact) mass is 303 g/mol. The molecule has 1 aromatic rings. The fourth-order valence-electron chi connectivity index (χ4n) is 1.71. The van der Waals surface area contributed by atoms with Crippen molar-refractivity contribution >= 4 is 16.0 Å². The van der Waals surface area contributed by atoms with Gasteiger partial charge in [-0.1, -0.05) is 19.9 Å². The number of benzene rings is 1. The molecule has 0 aromatic heterocycles. The molecule has 0 saturated carbocycles. The van der Waals surface area contributed by atoms with Gasteiger partial charge < -0.3 is 5.11 Å². The largest absolute Gasteiger partial charge is 0.481 e. The maximum atomic E-state index is 13.7. The average Bonchev–Trinajstić information content (AvgIpc) is 2.26. The standard InChI is InChI=1S/C13H18FNO4S/c1-8(2)10(13(16)17)7-15-20(18,19)12-5-4-9(3)6-11(12)14/h4-6,8,10,15H,7H2,1-3H3,(H,16,17). The SMILES string of the molecule is Cc1ccc(S(=O)(=O)NCC(C(=O)O)C(C)C)c(F)c1. The number of sulfonamides is 1. The van der Waals surface area contributed by atoms with Crippen LogP contribution in [0, 0.1) is 24.6 Å². The first kappa shape index (κ1) is 16.6. The Balaban J connectivity index is 2.93. The zero-order valence-corrected chi connectivity index (χ0v) is 12.4. The molecule has 1 rings (SSSR count). The number of nitrogens with one attached hydrogen (secondary N) is 1. The van der Waals surface area contributed by atoms with Crippen molar-refractivity contribution in [2.45, 2.75) is 25.7 Å². The van der Waals surface area contributed by atoms with Crippen molar-refractivity contribution in [3.63, 3.8) is 0 Å². The minimum absolute atomic E-state index is 0.238. The van der Waals surface area contributed by atoms with Crippen LogP contribution >= 0.6 is 0 Å². The minimum Gasteiger partial charge on any atom is -0.481 e. The van der Waals surface area contributed by atoms with Crippen LogP contribution < -0.4 is 4.72 Å². The van der Waals surface area contributed by atoms with E-state index in [-0.39, 0.29) is 12.5 Å². The Morgan fingerprint density at radius 2 is 2.00 bits per heavy atom. The van der Waals surface area contributed by atoms with Gasteiger partial charge in [0.1, 0.15) is 10.7 Å². The van der Waals surface area contributed by atoms with E-state index in [0.717, 1.165) is 12.1 Å². The summed E-state index contributed by atoms with van der Waals surface area (Å²) < 4.78 is 39.7. The van der Waals surface area contributed by atoms with E-state index in [1.165, 1.54) is 6.07 Å². The first-order valence-corrected chi connectivity index (χ1v) is 7.62. The summed E-state index contributed by atoms with van der Waals surface area (Å²) in [6.45, 7) is 4.73. The maximum absolute atomic E-state index is 13.7. The van der Waals surface area contributed by atoms with Crippen molar-refractivity contribution < 1.29 is 22.7 Å². The number of carbonyl (C=O) groups is 1. The zero-order chi connectivity index (χ0) is 15.5. The van der Waals surface area contributed by atoms with Crippen LogP contribution in [0.15, 0.2) is 23.1 Å². The second kappa shape index (κ2) is 6.32. The van der Waals surface area contributed by atoms with Gasteiger partial charge in [0.25, 0.3) is 0 Å². The van der Waals surface area contributed by atoms with Gasteiger partial charge in [-0.15, -0.1) is 0 Å². The molecule has 1 unspecified atom stereocenters. The quantitative estimate of drug-likeness (QED) is 0.839. The Labute approximate surface area is 117 Å². The molecule has 0 heterocycles. The lowest BCUT2D eigenvalue weighted by atomic mass is 9.97. The summed E-state index contributed by atoms with van der Waals surface area (Å²) in [4.78, 5) is 10.5. The second-order valence-corrected chi connectivity index (χ2v) is 6.71. The molecular weight excluding hydrogens is 285 g/mol. The Morgan fingerprint density at radius 3 is 2.45 bits per heavy atom. The number of rotatable bonds is 6. The van der Waals surface area contributed by atoms with Gasteiger partial charge in [0.2, 0.25) is 10.0 Å². The summed E-state index contributed by atoms with van der Waals surface area (Å²) in [5, 5.41) is 8.99. The summed E-state index contributed by atoms with van der Waals surface area (Å²) in [6, 6.07) is 3.76. The van der Waals surface area contributed by atoms with E-state index in [4.69, 9.17) is 5.11 Å². The van der Waals surface area contributed by atoms with E-state index in [1.54, 1.807) is 20.8 Å². The molecular formula is C13H18FNO4S. The lowest BCUT2D eigenvalue weighted by Crippen LogP contribution is -2.35. The van der Waals surface area contributed by atoms with Crippen LogP contribution in [0.3, 0.4) is 0 Å². The third-order valence-electron chi connectivity index (χ3n) is 2.99. The Morgan fingerprint density at radius 1 is 1.40 bits per heavy atom. The van der Waals surface area contributed by atoms with Crippen LogP contribution in [0.4, 0.5) is 4.39 Å². The number of hydrogen-bond donors (Lipinski definition) is 2. The molecule has 1 aromatic carbocycles. The van der Waals surface area contributed by atoms with Gasteiger partial charge in [-0.3, -0.25) is 4.79 Å². The lowest BCUT2D eigenvalue weighted by molar-refractivity contribution is -0.142. The smallest absolute Gasteiger partial charge is 0.308 e. The van der Waals surface area contributed by atoms with Crippen LogP contribution in [0.25, 0.3) is 0 Å². The van der Waals surface area contributed by atoms with Gasteiger partial charge >= 0.3 is 5.97 Å². The lowest BCUT2D eigenvalue weighted by Gasteiger charge is -2.17. The molecule has 0 bridgehead atoms. The summed E-state index contributed by atoms with van der Waals surface area (Å²) >= 11 is 0. The molecule has 1 atom stereocenters. The maximum Gasteiger partial charge on any atom is 0.308 e. The third kappa shape index (κ3) is 4.01. The molecule has 0 aliphatic rings. The summed E-state index contributed by atoms with van der Waals surface area (Å²) in [6.07, 6.45) is 0. The highest BCUT2D eigenvalue weighted by molar-refractivity contribution is 7.89. The Hall–Kier alpha value is -1.47. The molecule has 0 fully saturated rings. The molecule has 2 N–H and O–H groups in total. The fraction of sp³-hybridized carbons (Fsp3) is 0.462. The Bertz CT molecular complexity index is 598. The molecule has 0 aliphatic heterocycles. The van der Waals surface area contributed by atoms with Crippen molar-refractivity contribution in [1.29, 1.82) is 0 Å². The van der Waals surface area contributed by atoms with Crippen LogP contribution in [-0.4, -0.2) is 26.0 Å². The minimum atomic E-state index is -4.06. The van der Waals surface area contributed by atoms with E-state index in [2.05, 4.69) is 4.72 Å². The molecule has 20 heavy (non-hydrogen) atoms. The number of carboxylic acid groups (broad SMARTS) is 1. The van der Waals surface area contributed by atoms with E-state index >= 15 is 0 Å². The molecule has 0 saturated heterocycles. The first-order valence-electron chi connectivity index (χ1n) is 6.13. The highest BCUT2D eigenvalue weighted by Gasteiger charge is 2.25. The summed E-state index contributed by atoms with van der Waals surface area (Å²) in [5.74, 6) is -3.04. The molecule has 0 aliphatic carbocycles. The van der Waals surface area contributed by atoms with Crippen molar-refractivity contribution in [3.8, 4) is 0 Å². The average molecular weight is 303 g/mol. The molecule has 0 amide bonds. The highest BCUT2D eigenvalue weighted by Crippen LogP contribution is 2.17. The van der Waals surface area contributed by atoms with Crippen molar-refractivity contribution in [2.24, 2.45) is 11.8 Å². The normalized spacial score (nSPS) is 13.4. The summed E-state index contributed by atoms with van der Waals surface area (Å²) in [5.41, 5.74) is 0.604. The third-order valence-corrected chi connectivity index (χ3v) is 4.45. The number of aliphatic carboxylic acids is 1. The first-order chi connectivity index (χ1) is 9.15. The molecule has 0 spiro atoms. The van der Waals surface area contributed by atoms with E-state index in [0.29, 0.717) is 5.56 Å². The molecule has 5 nitrogen and oxygen atoms in total. The van der Waals surface area contributed by atoms with E-state index in [9.17, 15) is 17.6 Å². The number of carboxylic acids is 1. The molecule has 112 valence electrons. The number of halogens is 1. The second-order valence-electron chi connectivity index (χ2n) is 4.97. The van der Waals surface area contributed by atoms with Gasteiger partial charge in [0, 0.05) is 6.54 Å². The van der Waals surface area contributed by atoms with Gasteiger partial charge in [-0.05, 0) is 30.5 Å².